The number of pyridine rings is 2. The van der Waals surface area contributed by atoms with Crippen LogP contribution in [-0.4, -0.2) is 33.9 Å². The van der Waals surface area contributed by atoms with Crippen LogP contribution in [0.1, 0.15) is 56.2 Å². The molecule has 5 rings (SSSR count). The highest BCUT2D eigenvalue weighted by Crippen LogP contribution is 2.45. The highest BCUT2D eigenvalue weighted by molar-refractivity contribution is 6.07. The zero-order valence-electron chi connectivity index (χ0n) is 21.2. The minimum Gasteiger partial charge on any atom is -0.493 e. The summed E-state index contributed by atoms with van der Waals surface area (Å²) in [5, 5.41) is 12.1. The first-order chi connectivity index (χ1) is 17.0. The lowest BCUT2D eigenvalue weighted by Gasteiger charge is -2.30. The number of hydrogen-bond donors (Lipinski definition) is 1. The van der Waals surface area contributed by atoms with E-state index in [4.69, 9.17) is 14.5 Å². The van der Waals surface area contributed by atoms with Crippen LogP contribution in [0, 0.1) is 6.92 Å². The standard InChI is InChI=1S/C29H30F2N2O3/c1-16-14-20-18(7-9-23(33-20)29(5,30)31)26(24(16)22(15-34)36-28(2,3)4)19-6-8-21-25-17(11-13-35-21)10-12-32-27(19)25/h6-10,12,14,22,34H,11,13,15H2,1-5H3. The number of ether oxygens (including phenoxy) is 2. The fourth-order valence-corrected chi connectivity index (χ4v) is 5.09. The van der Waals surface area contributed by atoms with Crippen molar-refractivity contribution >= 4 is 21.8 Å². The van der Waals surface area contributed by atoms with Gasteiger partial charge in [-0.15, -0.1) is 0 Å². The second-order valence-corrected chi connectivity index (χ2v) is 10.4. The van der Waals surface area contributed by atoms with Gasteiger partial charge in [0.25, 0.3) is 5.92 Å². The Labute approximate surface area is 209 Å². The summed E-state index contributed by atoms with van der Waals surface area (Å²) < 4.78 is 40.5. The number of aromatic nitrogens is 2. The summed E-state index contributed by atoms with van der Waals surface area (Å²) in [6.07, 6.45) is 1.93. The first-order valence-electron chi connectivity index (χ1n) is 12.1. The molecule has 1 aliphatic heterocycles. The summed E-state index contributed by atoms with van der Waals surface area (Å²) in [6, 6.07) is 10.7. The molecule has 0 amide bonds. The van der Waals surface area contributed by atoms with Crippen LogP contribution in [0.15, 0.2) is 42.6 Å². The second-order valence-electron chi connectivity index (χ2n) is 10.4. The Hall–Kier alpha value is -3.16. The largest absolute Gasteiger partial charge is 0.493 e. The number of hydrogen-bond acceptors (Lipinski definition) is 5. The minimum absolute atomic E-state index is 0.243. The van der Waals surface area contributed by atoms with Crippen molar-refractivity contribution in [3.63, 3.8) is 0 Å². The van der Waals surface area contributed by atoms with E-state index in [0.717, 1.165) is 57.8 Å². The van der Waals surface area contributed by atoms with Crippen molar-refractivity contribution in [2.75, 3.05) is 13.2 Å². The number of alkyl halides is 2. The molecule has 3 heterocycles. The van der Waals surface area contributed by atoms with Crippen molar-refractivity contribution in [2.45, 2.75) is 58.7 Å². The topological polar surface area (TPSA) is 64.5 Å². The van der Waals surface area contributed by atoms with Gasteiger partial charge in [0.05, 0.1) is 29.8 Å². The Kier molecular flexibility index (Phi) is 5.96. The van der Waals surface area contributed by atoms with Crippen LogP contribution in [-0.2, 0) is 17.1 Å². The number of aliphatic hydroxyl groups is 1. The zero-order valence-corrected chi connectivity index (χ0v) is 21.2. The number of nitrogens with zero attached hydrogens (tertiary/aromatic N) is 2. The van der Waals surface area contributed by atoms with E-state index in [2.05, 4.69) is 4.98 Å². The summed E-state index contributed by atoms with van der Waals surface area (Å²) in [4.78, 5) is 9.07. The number of fused-ring (bicyclic) bond motifs is 1. The van der Waals surface area contributed by atoms with Crippen LogP contribution in [0.4, 0.5) is 8.78 Å². The van der Waals surface area contributed by atoms with Crippen molar-refractivity contribution in [3.8, 4) is 16.9 Å². The fraction of sp³-hybridized carbons (Fsp3) is 0.379. The van der Waals surface area contributed by atoms with Crippen molar-refractivity contribution < 1.29 is 23.4 Å². The lowest BCUT2D eigenvalue weighted by atomic mass is 9.86. The monoisotopic (exact) mass is 492 g/mol. The van der Waals surface area contributed by atoms with Gasteiger partial charge in [0, 0.05) is 35.9 Å². The maximum Gasteiger partial charge on any atom is 0.286 e. The lowest BCUT2D eigenvalue weighted by Crippen LogP contribution is -2.25. The summed E-state index contributed by atoms with van der Waals surface area (Å²) in [6.45, 7) is 8.91. The van der Waals surface area contributed by atoms with Crippen LogP contribution in [0.5, 0.6) is 5.75 Å². The number of aryl methyl sites for hydroxylation is 1. The Morgan fingerprint density at radius 2 is 1.89 bits per heavy atom. The molecule has 0 fully saturated rings. The summed E-state index contributed by atoms with van der Waals surface area (Å²) in [7, 11) is 0. The molecular weight excluding hydrogens is 462 g/mol. The van der Waals surface area contributed by atoms with E-state index in [0.29, 0.717) is 17.5 Å². The van der Waals surface area contributed by atoms with Crippen LogP contribution in [0.3, 0.4) is 0 Å². The first kappa shape index (κ1) is 24.5. The van der Waals surface area contributed by atoms with E-state index in [1.54, 1.807) is 18.3 Å². The molecule has 1 N–H and O–H groups in total. The normalized spacial score (nSPS) is 14.8. The second kappa shape index (κ2) is 8.75. The van der Waals surface area contributed by atoms with E-state index < -0.39 is 17.6 Å². The molecule has 2 aromatic carbocycles. The highest BCUT2D eigenvalue weighted by Gasteiger charge is 2.30. The van der Waals surface area contributed by atoms with Crippen LogP contribution < -0.4 is 4.74 Å². The predicted molar refractivity (Wildman–Crippen MR) is 137 cm³/mol. The molecule has 1 aliphatic rings. The van der Waals surface area contributed by atoms with E-state index in [-0.39, 0.29) is 12.3 Å². The highest BCUT2D eigenvalue weighted by atomic mass is 19.3. The Morgan fingerprint density at radius 3 is 2.58 bits per heavy atom. The van der Waals surface area contributed by atoms with Gasteiger partial charge < -0.3 is 14.6 Å². The maximum absolute atomic E-state index is 14.2. The molecule has 188 valence electrons. The van der Waals surface area contributed by atoms with Crippen LogP contribution in [0.25, 0.3) is 32.9 Å². The molecule has 36 heavy (non-hydrogen) atoms. The fourth-order valence-electron chi connectivity index (χ4n) is 5.09. The van der Waals surface area contributed by atoms with Crippen molar-refractivity contribution in [2.24, 2.45) is 0 Å². The third-order valence-corrected chi connectivity index (χ3v) is 6.51. The third kappa shape index (κ3) is 4.31. The third-order valence-electron chi connectivity index (χ3n) is 6.51. The molecule has 4 aromatic rings. The molecule has 0 radical (unpaired) electrons. The van der Waals surface area contributed by atoms with E-state index in [1.807, 2.05) is 45.9 Å². The molecule has 0 saturated carbocycles. The average molecular weight is 493 g/mol. The molecule has 1 atom stereocenters. The van der Waals surface area contributed by atoms with E-state index in [1.165, 1.54) is 6.07 Å². The van der Waals surface area contributed by atoms with Crippen molar-refractivity contribution in [3.05, 3.63) is 65.0 Å². The molecule has 0 spiro atoms. The van der Waals surface area contributed by atoms with Gasteiger partial charge in [0.1, 0.15) is 17.5 Å². The number of rotatable bonds is 5. The van der Waals surface area contributed by atoms with Crippen LogP contribution >= 0.6 is 0 Å². The predicted octanol–water partition coefficient (Wildman–Crippen LogP) is 6.65. The lowest BCUT2D eigenvalue weighted by molar-refractivity contribution is -0.0821. The molecule has 0 saturated heterocycles. The number of halogens is 2. The van der Waals surface area contributed by atoms with Gasteiger partial charge in [-0.2, -0.15) is 8.78 Å². The summed E-state index contributed by atoms with van der Waals surface area (Å²) in [5.41, 5.74) is 4.72. The van der Waals surface area contributed by atoms with E-state index >= 15 is 0 Å². The molecule has 5 nitrogen and oxygen atoms in total. The SMILES string of the molecule is Cc1cc2nc(C(C)(F)F)ccc2c(-c2ccc3c4c(ccnc24)CCO3)c1C(CO)OC(C)(C)C. The molecule has 0 aliphatic carbocycles. The molecule has 1 unspecified atom stereocenters. The average Bonchev–Trinajstić information content (AvgIpc) is 2.81. The van der Waals surface area contributed by atoms with E-state index in [9.17, 15) is 13.9 Å². The van der Waals surface area contributed by atoms with Gasteiger partial charge in [-0.3, -0.25) is 4.98 Å². The summed E-state index contributed by atoms with van der Waals surface area (Å²) >= 11 is 0. The van der Waals surface area contributed by atoms with Gasteiger partial charge in [0.2, 0.25) is 0 Å². The maximum atomic E-state index is 14.2. The van der Waals surface area contributed by atoms with Gasteiger partial charge >= 0.3 is 0 Å². The summed E-state index contributed by atoms with van der Waals surface area (Å²) in [5.74, 6) is -2.29. The first-order valence-corrected chi connectivity index (χ1v) is 12.1. The number of aliphatic hydroxyl groups excluding tert-OH is 1. The molecule has 2 aromatic heterocycles. The Bertz CT molecular complexity index is 1460. The van der Waals surface area contributed by atoms with Crippen molar-refractivity contribution in [1.29, 1.82) is 0 Å². The molecule has 0 bridgehead atoms. The van der Waals surface area contributed by atoms with Crippen molar-refractivity contribution in [1.82, 2.24) is 9.97 Å². The van der Waals surface area contributed by atoms with Gasteiger partial charge in [-0.25, -0.2) is 4.98 Å². The minimum atomic E-state index is -3.07. The van der Waals surface area contributed by atoms with Crippen LogP contribution in [0.2, 0.25) is 0 Å². The number of benzene rings is 2. The molecular formula is C29H30F2N2O3. The Balaban J connectivity index is 1.88. The zero-order chi connectivity index (χ0) is 25.8. The Morgan fingerprint density at radius 1 is 1.11 bits per heavy atom. The van der Waals surface area contributed by atoms with Gasteiger partial charge in [-0.05, 0) is 80.3 Å². The molecule has 7 heteroatoms. The quantitative estimate of drug-likeness (QED) is 0.338. The smallest absolute Gasteiger partial charge is 0.286 e. The van der Waals surface area contributed by atoms with Gasteiger partial charge in [0.15, 0.2) is 0 Å². The van der Waals surface area contributed by atoms with Gasteiger partial charge in [-0.1, -0.05) is 6.07 Å².